The lowest BCUT2D eigenvalue weighted by molar-refractivity contribution is 0.0536. The molecule has 0 aromatic carbocycles. The first-order valence-corrected chi connectivity index (χ1v) is 18.2. The second-order valence-corrected chi connectivity index (χ2v) is 14.8. The number of nitrogens with one attached hydrogen (secondary N) is 2. The van der Waals surface area contributed by atoms with Crippen molar-refractivity contribution >= 4 is 17.6 Å². The normalized spacial score (nSPS) is 22.2. The summed E-state index contributed by atoms with van der Waals surface area (Å²) in [5.74, 6) is 0.515. The zero-order valence-corrected chi connectivity index (χ0v) is 26.1. The molecule has 3 N–H and O–H groups in total. The van der Waals surface area contributed by atoms with Crippen LogP contribution >= 0.6 is 0 Å². The lowest BCUT2D eigenvalue weighted by Crippen LogP contribution is -2.53. The van der Waals surface area contributed by atoms with Crippen LogP contribution in [-0.4, -0.2) is 87.2 Å². The SMILES string of the molecule is CCO[Si](CCCNC(C)NC1CC(CC[Si](OCC)(OCC)OCC)CCC1O)(OCC)OCC. The lowest BCUT2D eigenvalue weighted by atomic mass is 9.82. The Morgan fingerprint density at radius 2 is 1.22 bits per heavy atom. The van der Waals surface area contributed by atoms with E-state index in [1.54, 1.807) is 0 Å². The van der Waals surface area contributed by atoms with Crippen LogP contribution in [0.3, 0.4) is 0 Å². The topological polar surface area (TPSA) is 99.7 Å². The minimum Gasteiger partial charge on any atom is -0.392 e. The molecule has 0 amide bonds. The molecule has 0 aliphatic heterocycles. The number of hydrogen-bond acceptors (Lipinski definition) is 9. The van der Waals surface area contributed by atoms with E-state index < -0.39 is 17.6 Å². The highest BCUT2D eigenvalue weighted by Crippen LogP contribution is 2.31. The lowest BCUT2D eigenvalue weighted by Gasteiger charge is -2.37. The van der Waals surface area contributed by atoms with Crippen LogP contribution in [0.2, 0.25) is 12.1 Å². The molecule has 1 saturated carbocycles. The van der Waals surface area contributed by atoms with Crippen molar-refractivity contribution in [3.8, 4) is 0 Å². The number of rotatable bonds is 22. The van der Waals surface area contributed by atoms with Gasteiger partial charge in [-0.3, -0.25) is 5.32 Å². The van der Waals surface area contributed by atoms with Gasteiger partial charge in [0.2, 0.25) is 0 Å². The smallest absolute Gasteiger partial charge is 0.392 e. The van der Waals surface area contributed by atoms with Gasteiger partial charge in [-0.25, -0.2) is 0 Å². The first-order valence-electron chi connectivity index (χ1n) is 14.3. The quantitative estimate of drug-likeness (QED) is 0.105. The second kappa shape index (κ2) is 19.2. The third-order valence-electron chi connectivity index (χ3n) is 6.54. The molecule has 36 heavy (non-hydrogen) atoms. The molecule has 9 nitrogen and oxygen atoms in total. The van der Waals surface area contributed by atoms with Crippen molar-refractivity contribution in [1.82, 2.24) is 10.6 Å². The molecule has 1 fully saturated rings. The Kier molecular flexibility index (Phi) is 18.2. The van der Waals surface area contributed by atoms with Crippen molar-refractivity contribution in [1.29, 1.82) is 0 Å². The van der Waals surface area contributed by atoms with Crippen LogP contribution in [0, 0.1) is 5.92 Å². The largest absolute Gasteiger partial charge is 0.500 e. The van der Waals surface area contributed by atoms with E-state index in [1.807, 2.05) is 41.5 Å². The van der Waals surface area contributed by atoms with E-state index in [-0.39, 0.29) is 18.3 Å². The number of aliphatic hydroxyl groups excluding tert-OH is 1. The van der Waals surface area contributed by atoms with Crippen LogP contribution in [0.5, 0.6) is 0 Å². The molecule has 4 unspecified atom stereocenters. The Balaban J connectivity index is 2.54. The summed E-state index contributed by atoms with van der Waals surface area (Å²) in [5.41, 5.74) is 0. The zero-order chi connectivity index (χ0) is 26.9. The third-order valence-corrected chi connectivity index (χ3v) is 12.8. The Morgan fingerprint density at radius 1 is 0.750 bits per heavy atom. The molecular formula is C25H56N2O7Si2. The fourth-order valence-corrected chi connectivity index (χ4v) is 10.4. The molecule has 0 saturated heterocycles. The van der Waals surface area contributed by atoms with Gasteiger partial charge in [0.1, 0.15) is 0 Å². The van der Waals surface area contributed by atoms with Gasteiger partial charge in [-0.15, -0.1) is 0 Å². The van der Waals surface area contributed by atoms with Gasteiger partial charge in [-0.05, 0) is 93.0 Å². The summed E-state index contributed by atoms with van der Waals surface area (Å²) in [5, 5.41) is 17.8. The van der Waals surface area contributed by atoms with Crippen LogP contribution < -0.4 is 10.6 Å². The molecule has 0 aromatic heterocycles. The van der Waals surface area contributed by atoms with Gasteiger partial charge in [-0.2, -0.15) is 0 Å². The average Bonchev–Trinajstić information content (AvgIpc) is 2.83. The van der Waals surface area contributed by atoms with E-state index in [1.165, 1.54) is 0 Å². The van der Waals surface area contributed by atoms with E-state index in [9.17, 15) is 5.11 Å². The van der Waals surface area contributed by atoms with Crippen LogP contribution in [0.15, 0.2) is 0 Å². The van der Waals surface area contributed by atoms with Crippen LogP contribution in [0.1, 0.15) is 80.6 Å². The zero-order valence-electron chi connectivity index (χ0n) is 24.1. The van der Waals surface area contributed by atoms with Crippen molar-refractivity contribution in [3.05, 3.63) is 0 Å². The molecule has 0 spiro atoms. The molecule has 216 valence electrons. The fraction of sp³-hybridized carbons (Fsp3) is 1.00. The maximum absolute atomic E-state index is 10.7. The van der Waals surface area contributed by atoms with Gasteiger partial charge < -0.3 is 37.0 Å². The number of aliphatic hydroxyl groups is 1. The molecule has 0 bridgehead atoms. The molecule has 0 heterocycles. The molecule has 0 radical (unpaired) electrons. The first-order chi connectivity index (χ1) is 17.3. The van der Waals surface area contributed by atoms with Crippen molar-refractivity contribution in [2.24, 2.45) is 5.92 Å². The predicted octanol–water partition coefficient (Wildman–Crippen LogP) is 3.92. The first kappa shape index (κ1) is 34.1. The van der Waals surface area contributed by atoms with Crippen molar-refractivity contribution < 1.29 is 31.7 Å². The summed E-state index contributed by atoms with van der Waals surface area (Å²) in [6.07, 6.45) is 4.45. The Bertz CT molecular complexity index is 516. The summed E-state index contributed by atoms with van der Waals surface area (Å²) in [6.45, 7) is 18.5. The molecule has 1 aliphatic carbocycles. The monoisotopic (exact) mass is 552 g/mol. The van der Waals surface area contributed by atoms with Crippen LogP contribution in [-0.2, 0) is 26.6 Å². The maximum atomic E-state index is 10.7. The van der Waals surface area contributed by atoms with Crippen LogP contribution in [0.25, 0.3) is 0 Å². The summed E-state index contributed by atoms with van der Waals surface area (Å²) in [6, 6.07) is 1.69. The Morgan fingerprint density at radius 3 is 1.69 bits per heavy atom. The van der Waals surface area contributed by atoms with Crippen LogP contribution in [0.4, 0.5) is 0 Å². The van der Waals surface area contributed by atoms with E-state index in [0.717, 1.165) is 50.7 Å². The average molecular weight is 553 g/mol. The van der Waals surface area contributed by atoms with Gasteiger partial charge in [0, 0.05) is 57.8 Å². The molecular weight excluding hydrogens is 496 g/mol. The van der Waals surface area contributed by atoms with E-state index in [2.05, 4.69) is 17.6 Å². The predicted molar refractivity (Wildman–Crippen MR) is 148 cm³/mol. The molecule has 11 heteroatoms. The van der Waals surface area contributed by atoms with Gasteiger partial charge in [-0.1, -0.05) is 0 Å². The van der Waals surface area contributed by atoms with Crippen molar-refractivity contribution in [2.45, 2.75) is 111 Å². The fourth-order valence-electron chi connectivity index (χ4n) is 5.07. The highest BCUT2D eigenvalue weighted by molar-refractivity contribution is 6.61. The standard InChI is InChI=1S/C25H56N2O7Si2/c1-8-29-35(30-9-2,31-10-3)19-14-18-26-22(7)27-24-21-23(15-16-25(24)28)17-20-36(32-11-4,33-12-5)34-13-6/h22-28H,8-21H2,1-7H3. The summed E-state index contributed by atoms with van der Waals surface area (Å²) in [4.78, 5) is 0. The van der Waals surface area contributed by atoms with Crippen molar-refractivity contribution in [3.63, 3.8) is 0 Å². The van der Waals surface area contributed by atoms with Crippen molar-refractivity contribution in [2.75, 3.05) is 46.2 Å². The molecule has 1 rings (SSSR count). The van der Waals surface area contributed by atoms with E-state index >= 15 is 0 Å². The number of hydrogen-bond donors (Lipinski definition) is 3. The molecule has 1 aliphatic rings. The summed E-state index contributed by atoms with van der Waals surface area (Å²) < 4.78 is 36.0. The Labute approximate surface area is 223 Å². The van der Waals surface area contributed by atoms with Gasteiger partial charge in [0.25, 0.3) is 0 Å². The van der Waals surface area contributed by atoms with E-state index in [4.69, 9.17) is 26.6 Å². The Hall–Kier alpha value is 0.0738. The second-order valence-electron chi connectivity index (χ2n) is 9.30. The molecule has 4 atom stereocenters. The minimum absolute atomic E-state index is 0.0670. The third kappa shape index (κ3) is 12.3. The van der Waals surface area contributed by atoms with Gasteiger partial charge in [0.05, 0.1) is 12.3 Å². The summed E-state index contributed by atoms with van der Waals surface area (Å²) in [7, 11) is -5.23. The minimum atomic E-state index is -2.63. The van der Waals surface area contributed by atoms with Gasteiger partial charge in [0.15, 0.2) is 0 Å². The van der Waals surface area contributed by atoms with Gasteiger partial charge >= 0.3 is 17.6 Å². The summed E-state index contributed by atoms with van der Waals surface area (Å²) >= 11 is 0. The maximum Gasteiger partial charge on any atom is 0.500 e. The highest BCUT2D eigenvalue weighted by Gasteiger charge is 2.42. The molecule has 0 aromatic rings. The highest BCUT2D eigenvalue weighted by atomic mass is 28.4. The van der Waals surface area contributed by atoms with E-state index in [0.29, 0.717) is 45.6 Å².